The molecule has 0 aliphatic carbocycles. The first-order valence-electron chi connectivity index (χ1n) is 8.74. The Kier molecular flexibility index (Phi) is 4.48. The molecule has 2 aromatic carbocycles. The fourth-order valence-corrected chi connectivity index (χ4v) is 3.27. The van der Waals surface area contributed by atoms with Crippen LogP contribution < -0.4 is 4.90 Å². The first kappa shape index (κ1) is 15.8. The zero-order valence-corrected chi connectivity index (χ0v) is 14.4. The Labute approximate surface area is 147 Å². The Morgan fingerprint density at radius 2 is 1.52 bits per heavy atom. The van der Waals surface area contributed by atoms with Gasteiger partial charge in [0.1, 0.15) is 0 Å². The summed E-state index contributed by atoms with van der Waals surface area (Å²) in [5.41, 5.74) is 2.28. The maximum atomic E-state index is 5.53. The average Bonchev–Trinajstić information content (AvgIpc) is 3.19. The van der Waals surface area contributed by atoms with Gasteiger partial charge in [0, 0.05) is 37.4 Å². The van der Waals surface area contributed by atoms with Crippen molar-refractivity contribution in [1.82, 2.24) is 15.0 Å². The first-order valence-corrected chi connectivity index (χ1v) is 8.74. The van der Waals surface area contributed by atoms with Gasteiger partial charge in [0.2, 0.25) is 11.7 Å². The van der Waals surface area contributed by atoms with E-state index < -0.39 is 0 Å². The van der Waals surface area contributed by atoms with Crippen molar-refractivity contribution in [2.45, 2.75) is 13.0 Å². The van der Waals surface area contributed by atoms with Gasteiger partial charge in [-0.25, -0.2) is 0 Å². The van der Waals surface area contributed by atoms with E-state index in [2.05, 4.69) is 57.2 Å². The molecule has 5 heteroatoms. The van der Waals surface area contributed by atoms with E-state index in [1.54, 1.807) is 0 Å². The molecule has 0 unspecified atom stereocenters. The lowest BCUT2D eigenvalue weighted by Crippen LogP contribution is -2.47. The van der Waals surface area contributed by atoms with Crippen LogP contribution in [0.2, 0.25) is 0 Å². The highest BCUT2D eigenvalue weighted by atomic mass is 16.5. The fraction of sp³-hybridized carbons (Fsp3) is 0.300. The predicted molar refractivity (Wildman–Crippen MR) is 98.4 cm³/mol. The molecule has 0 spiro atoms. The smallest absolute Gasteiger partial charge is 0.244 e. The highest BCUT2D eigenvalue weighted by Gasteiger charge is 2.26. The SMILES string of the molecule is C[C@H](c1nc(-c2ccccc2)no1)N1CCN(c2ccccc2)CC1. The van der Waals surface area contributed by atoms with Crippen LogP contribution in [0.25, 0.3) is 11.4 Å². The van der Waals surface area contributed by atoms with Crippen LogP contribution in [0.1, 0.15) is 18.9 Å². The summed E-state index contributed by atoms with van der Waals surface area (Å²) < 4.78 is 5.53. The normalized spacial score (nSPS) is 16.8. The van der Waals surface area contributed by atoms with Crippen molar-refractivity contribution < 1.29 is 4.52 Å². The molecule has 128 valence electrons. The maximum Gasteiger partial charge on any atom is 0.244 e. The number of hydrogen-bond donors (Lipinski definition) is 0. The molecule has 1 aliphatic heterocycles. The Bertz CT molecular complexity index is 795. The molecule has 1 aromatic heterocycles. The van der Waals surface area contributed by atoms with Crippen LogP contribution in [0.15, 0.2) is 65.2 Å². The van der Waals surface area contributed by atoms with Crippen molar-refractivity contribution in [1.29, 1.82) is 0 Å². The molecule has 0 bridgehead atoms. The van der Waals surface area contributed by atoms with Gasteiger partial charge < -0.3 is 9.42 Å². The van der Waals surface area contributed by atoms with Gasteiger partial charge in [-0.15, -0.1) is 0 Å². The van der Waals surface area contributed by atoms with E-state index in [1.807, 2.05) is 30.3 Å². The summed E-state index contributed by atoms with van der Waals surface area (Å²) in [5, 5.41) is 4.14. The highest BCUT2D eigenvalue weighted by Crippen LogP contribution is 2.24. The van der Waals surface area contributed by atoms with Crippen LogP contribution in [0.5, 0.6) is 0 Å². The number of nitrogens with zero attached hydrogens (tertiary/aromatic N) is 4. The van der Waals surface area contributed by atoms with Crippen LogP contribution in [0.3, 0.4) is 0 Å². The molecule has 0 amide bonds. The van der Waals surface area contributed by atoms with Crippen molar-refractivity contribution in [2.24, 2.45) is 0 Å². The van der Waals surface area contributed by atoms with E-state index >= 15 is 0 Å². The minimum Gasteiger partial charge on any atom is -0.369 e. The van der Waals surface area contributed by atoms with E-state index in [0.29, 0.717) is 11.7 Å². The lowest BCUT2D eigenvalue weighted by atomic mass is 10.2. The van der Waals surface area contributed by atoms with Crippen molar-refractivity contribution >= 4 is 5.69 Å². The molecule has 0 N–H and O–H groups in total. The summed E-state index contributed by atoms with van der Waals surface area (Å²) >= 11 is 0. The number of piperazine rings is 1. The van der Waals surface area contributed by atoms with Gasteiger partial charge in [0.05, 0.1) is 6.04 Å². The number of aromatic nitrogens is 2. The minimum atomic E-state index is 0.128. The van der Waals surface area contributed by atoms with Gasteiger partial charge in [-0.05, 0) is 19.1 Å². The van der Waals surface area contributed by atoms with E-state index in [0.717, 1.165) is 31.7 Å². The predicted octanol–water partition coefficient (Wildman–Crippen LogP) is 3.62. The molecule has 1 atom stereocenters. The molecule has 1 saturated heterocycles. The van der Waals surface area contributed by atoms with Gasteiger partial charge in [0.25, 0.3) is 0 Å². The lowest BCUT2D eigenvalue weighted by molar-refractivity contribution is 0.164. The Hall–Kier alpha value is -2.66. The van der Waals surface area contributed by atoms with Gasteiger partial charge >= 0.3 is 0 Å². The summed E-state index contributed by atoms with van der Waals surface area (Å²) in [6, 6.07) is 20.7. The maximum absolute atomic E-state index is 5.53. The quantitative estimate of drug-likeness (QED) is 0.729. The van der Waals surface area contributed by atoms with Crippen LogP contribution in [-0.2, 0) is 0 Å². The molecular weight excluding hydrogens is 312 g/mol. The molecule has 2 heterocycles. The van der Waals surface area contributed by atoms with Gasteiger partial charge in [-0.3, -0.25) is 4.90 Å². The number of para-hydroxylation sites is 1. The molecular formula is C20H22N4O. The summed E-state index contributed by atoms with van der Waals surface area (Å²) in [4.78, 5) is 9.43. The van der Waals surface area contributed by atoms with E-state index in [-0.39, 0.29) is 6.04 Å². The van der Waals surface area contributed by atoms with Gasteiger partial charge in [0.15, 0.2) is 0 Å². The highest BCUT2D eigenvalue weighted by molar-refractivity contribution is 5.53. The van der Waals surface area contributed by atoms with E-state index in [1.165, 1.54) is 5.69 Å². The summed E-state index contributed by atoms with van der Waals surface area (Å²) in [5.74, 6) is 1.34. The van der Waals surface area contributed by atoms with Crippen LogP contribution in [0, 0.1) is 0 Å². The molecule has 0 saturated carbocycles. The van der Waals surface area contributed by atoms with Crippen molar-refractivity contribution in [3.05, 3.63) is 66.6 Å². The third kappa shape index (κ3) is 3.42. The van der Waals surface area contributed by atoms with Crippen LogP contribution >= 0.6 is 0 Å². The number of benzene rings is 2. The van der Waals surface area contributed by atoms with Crippen molar-refractivity contribution in [3.8, 4) is 11.4 Å². The Morgan fingerprint density at radius 3 is 2.20 bits per heavy atom. The third-order valence-electron chi connectivity index (χ3n) is 4.81. The Balaban J connectivity index is 1.41. The van der Waals surface area contributed by atoms with Gasteiger partial charge in [-0.2, -0.15) is 4.98 Å². The van der Waals surface area contributed by atoms with E-state index in [4.69, 9.17) is 4.52 Å². The zero-order chi connectivity index (χ0) is 17.1. The second-order valence-corrected chi connectivity index (χ2v) is 6.36. The number of hydrogen-bond acceptors (Lipinski definition) is 5. The summed E-state index contributed by atoms with van der Waals surface area (Å²) in [7, 11) is 0. The van der Waals surface area contributed by atoms with E-state index in [9.17, 15) is 0 Å². The standard InChI is InChI=1S/C20H22N4O/c1-16(20-21-19(22-25-20)17-8-4-2-5-9-17)23-12-14-24(15-13-23)18-10-6-3-7-11-18/h2-11,16H,12-15H2,1H3/t16-/m1/s1. The summed E-state index contributed by atoms with van der Waals surface area (Å²) in [6.45, 7) is 6.13. The second kappa shape index (κ2) is 7.07. The first-order chi connectivity index (χ1) is 12.3. The molecule has 5 nitrogen and oxygen atoms in total. The van der Waals surface area contributed by atoms with Crippen LogP contribution in [-0.4, -0.2) is 41.2 Å². The lowest BCUT2D eigenvalue weighted by Gasteiger charge is -2.38. The third-order valence-corrected chi connectivity index (χ3v) is 4.81. The molecule has 0 radical (unpaired) electrons. The molecule has 3 aromatic rings. The van der Waals surface area contributed by atoms with Crippen molar-refractivity contribution in [2.75, 3.05) is 31.1 Å². The number of rotatable bonds is 4. The average molecular weight is 334 g/mol. The monoisotopic (exact) mass is 334 g/mol. The Morgan fingerprint density at radius 1 is 0.880 bits per heavy atom. The number of anilines is 1. The molecule has 4 rings (SSSR count). The van der Waals surface area contributed by atoms with Crippen molar-refractivity contribution in [3.63, 3.8) is 0 Å². The molecule has 25 heavy (non-hydrogen) atoms. The minimum absolute atomic E-state index is 0.128. The zero-order valence-electron chi connectivity index (χ0n) is 14.4. The fourth-order valence-electron chi connectivity index (χ4n) is 3.27. The summed E-state index contributed by atoms with van der Waals surface area (Å²) in [6.07, 6.45) is 0. The second-order valence-electron chi connectivity index (χ2n) is 6.36. The molecule has 1 aliphatic rings. The topological polar surface area (TPSA) is 45.4 Å². The largest absolute Gasteiger partial charge is 0.369 e. The molecule has 1 fully saturated rings. The van der Waals surface area contributed by atoms with Crippen LogP contribution in [0.4, 0.5) is 5.69 Å². The van der Waals surface area contributed by atoms with Gasteiger partial charge in [-0.1, -0.05) is 53.7 Å².